The van der Waals surface area contributed by atoms with Gasteiger partial charge in [-0.3, -0.25) is 0 Å². The summed E-state index contributed by atoms with van der Waals surface area (Å²) in [7, 11) is 0. The van der Waals surface area contributed by atoms with Crippen LogP contribution in [0.15, 0.2) is 72.8 Å². The Bertz CT molecular complexity index is 3830. The van der Waals surface area contributed by atoms with Crippen molar-refractivity contribution in [3.63, 3.8) is 0 Å². The van der Waals surface area contributed by atoms with Gasteiger partial charge in [-0.05, 0) is 239 Å². The van der Waals surface area contributed by atoms with E-state index in [4.69, 9.17) is 0 Å². The van der Waals surface area contributed by atoms with Crippen molar-refractivity contribution in [2.45, 2.75) is 396 Å². The zero-order valence-electron chi connectivity index (χ0n) is 71.2. The standard InChI is InChI=1S/C31H39F13.C30H37F13.C29H35F13/c1-2-3-4-5-20-6-10-22(11-7-20)24-14-16-25(17-15-24)23-12-8-21(9-13-23)18-19-26(32,33)27(34,35)28(36,37)29(38,39)30(40,41)31(42,43)44;1-2-3-4-19-5-9-21(10-6-19)23-13-15-24(16-14-23)22-11-7-20(8-12-22)17-18-25(31,32)26(33,34)27(35,36)28(37,38)29(39,40)30(41,42)43;1-2-3-18-4-8-20(9-5-18)22-12-14-23(15-13-22)21-10-6-19(7-11-21)16-17-24(30,31)25(32,33)26(34,35)27(36,37)28(38,39)29(40,41)42/h8-9,12-13,20,22,24-25H,2-7,10-11,14-19H2,1H3;7-8,11-12,19,21,23-24H,2-6,9-10,13-18H2,1H3;6-7,10-11,18,20,22-23H,2-5,8-9,12-17H2,1H3/t20-,22-,24-,25-;19-,21-,23-,24-;18-,20-,22-,23-. The maximum absolute atomic E-state index is 14.2. The van der Waals surface area contributed by atoms with Crippen LogP contribution in [-0.4, -0.2) is 107 Å². The second kappa shape index (κ2) is 42.3. The second-order valence-corrected chi connectivity index (χ2v) is 36.8. The van der Waals surface area contributed by atoms with Crippen molar-refractivity contribution in [2.75, 3.05) is 0 Å². The molecule has 9 rings (SSSR count). The Balaban J connectivity index is 0.000000265. The van der Waals surface area contributed by atoms with Gasteiger partial charge in [-0.1, -0.05) is 190 Å². The molecule has 744 valence electrons. The van der Waals surface area contributed by atoms with Crippen LogP contribution < -0.4 is 0 Å². The first-order valence-corrected chi connectivity index (χ1v) is 44.2. The van der Waals surface area contributed by atoms with E-state index in [1.54, 1.807) is 36.4 Å². The Kier molecular flexibility index (Phi) is 36.4. The highest BCUT2D eigenvalue weighted by Crippen LogP contribution is 2.65. The van der Waals surface area contributed by atoms with E-state index < -0.39 is 146 Å². The van der Waals surface area contributed by atoms with Gasteiger partial charge < -0.3 is 0 Å². The van der Waals surface area contributed by atoms with Crippen molar-refractivity contribution in [3.05, 3.63) is 106 Å². The number of benzene rings is 3. The topological polar surface area (TPSA) is 0 Å². The van der Waals surface area contributed by atoms with Crippen molar-refractivity contribution in [3.8, 4) is 0 Å². The lowest BCUT2D eigenvalue weighted by molar-refractivity contribution is -0.440. The van der Waals surface area contributed by atoms with Gasteiger partial charge in [0.1, 0.15) is 0 Å². The predicted octanol–water partition coefficient (Wildman–Crippen LogP) is 34.9. The molecule has 0 unspecified atom stereocenters. The van der Waals surface area contributed by atoms with Crippen LogP contribution in [0.2, 0.25) is 0 Å². The summed E-state index contributed by atoms with van der Waals surface area (Å²) in [4.78, 5) is 0. The summed E-state index contributed by atoms with van der Waals surface area (Å²) in [6.07, 6.45) is 5.85. The molecule has 6 aliphatic carbocycles. The number of hydrogen-bond donors (Lipinski definition) is 0. The van der Waals surface area contributed by atoms with Gasteiger partial charge >= 0.3 is 107 Å². The van der Waals surface area contributed by atoms with Gasteiger partial charge in [-0.25, -0.2) is 0 Å². The lowest BCUT2D eigenvalue weighted by Crippen LogP contribution is -2.70. The number of aryl methyl sites for hydroxylation is 3. The number of alkyl halides is 39. The van der Waals surface area contributed by atoms with Gasteiger partial charge in [0, 0.05) is 19.3 Å². The van der Waals surface area contributed by atoms with Gasteiger partial charge in [-0.15, -0.1) is 0 Å². The monoisotopic (exact) mass is 1930 g/mol. The highest BCUT2D eigenvalue weighted by Gasteiger charge is 2.93. The first kappa shape index (κ1) is 111. The third-order valence-corrected chi connectivity index (χ3v) is 28.4. The molecule has 3 aromatic carbocycles. The maximum Gasteiger partial charge on any atom is 0.460 e. The SMILES string of the molecule is CCCCC[C@H]1CC[C@H]([C@H]2CC[C@H](c3ccc(CCC(F)(F)C(F)(F)C(F)(F)C(F)(F)C(F)(F)C(F)(F)F)cc3)CC2)CC1.CCCC[C@H]1CC[C@H]([C@H]2CC[C@H](c3ccc(CCC(F)(F)C(F)(F)C(F)(F)C(F)(F)C(F)(F)C(F)(F)F)cc3)CC2)CC1.CCC[C@H]1CC[C@H]([C@H]2CC[C@H](c3ccc(CCC(F)(F)C(F)(F)C(F)(F)C(F)(F)C(F)(F)C(F)(F)F)cc3)CC2)CC1. The first-order valence-electron chi connectivity index (χ1n) is 44.2. The smallest absolute Gasteiger partial charge is 0.200 e. The van der Waals surface area contributed by atoms with Gasteiger partial charge in [0.15, 0.2) is 0 Å². The average molecular weight is 1930 g/mol. The Hall–Kier alpha value is -5.07. The molecular formula is C90H111F39. The van der Waals surface area contributed by atoms with Crippen LogP contribution in [0.3, 0.4) is 0 Å². The minimum Gasteiger partial charge on any atom is -0.200 e. The molecule has 129 heavy (non-hydrogen) atoms. The van der Waals surface area contributed by atoms with Crippen LogP contribution in [0.4, 0.5) is 171 Å². The lowest BCUT2D eigenvalue weighted by atomic mass is 9.68. The van der Waals surface area contributed by atoms with Crippen LogP contribution >= 0.6 is 0 Å². The van der Waals surface area contributed by atoms with E-state index in [2.05, 4.69) is 20.8 Å². The maximum atomic E-state index is 14.2. The Morgan fingerprint density at radius 3 is 0.574 bits per heavy atom. The molecule has 39 heteroatoms. The molecule has 0 spiro atoms. The molecule has 0 N–H and O–H groups in total. The molecule has 0 aromatic heterocycles. The van der Waals surface area contributed by atoms with Crippen molar-refractivity contribution < 1.29 is 171 Å². The first-order chi connectivity index (χ1) is 59.1. The summed E-state index contributed by atoms with van der Waals surface area (Å²) < 4.78 is 520. The third kappa shape index (κ3) is 24.0. The quantitative estimate of drug-likeness (QED) is 0.0402. The van der Waals surface area contributed by atoms with Crippen LogP contribution in [0.5, 0.6) is 0 Å². The van der Waals surface area contributed by atoms with Crippen molar-refractivity contribution in [1.82, 2.24) is 0 Å². The molecule has 0 saturated heterocycles. The number of rotatable bonds is 36. The Morgan fingerprint density at radius 1 is 0.194 bits per heavy atom. The fourth-order valence-electron chi connectivity index (χ4n) is 19.9. The lowest BCUT2D eigenvalue weighted by Gasteiger charge is -2.39. The molecule has 0 heterocycles. The normalized spacial score (nSPS) is 25.2. The second-order valence-electron chi connectivity index (χ2n) is 36.8. The molecule has 6 aliphatic rings. The predicted molar refractivity (Wildman–Crippen MR) is 406 cm³/mol. The third-order valence-electron chi connectivity index (χ3n) is 28.4. The number of unbranched alkanes of at least 4 members (excludes halogenated alkanes) is 3. The molecular weight excluding hydrogens is 1820 g/mol. The molecule has 0 atom stereocenters. The van der Waals surface area contributed by atoms with Crippen molar-refractivity contribution in [2.24, 2.45) is 53.3 Å². The van der Waals surface area contributed by atoms with Crippen LogP contribution in [0, 0.1) is 53.3 Å². The minimum absolute atomic E-state index is 0.0516. The fraction of sp³-hybridized carbons (Fsp3) is 0.800. The van der Waals surface area contributed by atoms with Gasteiger partial charge in [-0.2, -0.15) is 171 Å². The summed E-state index contributed by atoms with van der Waals surface area (Å²) in [6, 6.07) is 17.2. The summed E-state index contributed by atoms with van der Waals surface area (Å²) >= 11 is 0. The van der Waals surface area contributed by atoms with Crippen LogP contribution in [0.1, 0.15) is 303 Å². The molecule has 0 nitrogen and oxygen atoms in total. The van der Waals surface area contributed by atoms with E-state index in [1.807, 2.05) is 0 Å². The van der Waals surface area contributed by atoms with Gasteiger partial charge in [0.2, 0.25) is 0 Å². The summed E-state index contributed by atoms with van der Waals surface area (Å²) in [5.41, 5.74) is 2.43. The molecule has 3 aromatic rings. The molecule has 0 amide bonds. The van der Waals surface area contributed by atoms with E-state index in [9.17, 15) is 171 Å². The summed E-state index contributed by atoms with van der Waals surface area (Å²) in [5.74, 6) is -103. The van der Waals surface area contributed by atoms with E-state index >= 15 is 0 Å². The van der Waals surface area contributed by atoms with E-state index in [0.717, 1.165) is 111 Å². The van der Waals surface area contributed by atoms with E-state index in [0.29, 0.717) is 35.5 Å². The largest absolute Gasteiger partial charge is 0.460 e. The van der Waals surface area contributed by atoms with Crippen LogP contribution in [-0.2, 0) is 19.3 Å². The number of hydrogen-bond acceptors (Lipinski definition) is 0. The highest BCUT2D eigenvalue weighted by molar-refractivity contribution is 5.30. The molecule has 0 radical (unpaired) electrons. The summed E-state index contributed by atoms with van der Waals surface area (Å²) in [5, 5.41) is 0. The molecule has 6 saturated carbocycles. The Morgan fingerprint density at radius 2 is 0.380 bits per heavy atom. The molecule has 0 aliphatic heterocycles. The molecule has 0 bridgehead atoms. The molecule has 6 fully saturated rings. The van der Waals surface area contributed by atoms with Crippen LogP contribution in [0.25, 0.3) is 0 Å². The highest BCUT2D eigenvalue weighted by atomic mass is 19.5. The number of halogens is 39. The van der Waals surface area contributed by atoms with Gasteiger partial charge in [0.25, 0.3) is 0 Å². The zero-order valence-corrected chi connectivity index (χ0v) is 71.2. The fourth-order valence-corrected chi connectivity index (χ4v) is 19.9. The zero-order chi connectivity index (χ0) is 97.5. The summed E-state index contributed by atoms with van der Waals surface area (Å²) in [6.45, 7) is 6.58. The van der Waals surface area contributed by atoms with Crippen molar-refractivity contribution >= 4 is 0 Å². The average Bonchev–Trinajstić information content (AvgIpc) is 0.719. The van der Waals surface area contributed by atoms with E-state index in [1.165, 1.54) is 171 Å². The van der Waals surface area contributed by atoms with E-state index in [-0.39, 0.29) is 34.4 Å². The van der Waals surface area contributed by atoms with Gasteiger partial charge in [0.05, 0.1) is 0 Å². The van der Waals surface area contributed by atoms with Crippen molar-refractivity contribution in [1.29, 1.82) is 0 Å². The minimum atomic E-state index is -7.86. The Labute approximate surface area is 724 Å².